The zero-order valence-corrected chi connectivity index (χ0v) is 11.9. The number of nitrogens with zero attached hydrogens (tertiary/aromatic N) is 1. The van der Waals surface area contributed by atoms with Gasteiger partial charge in [-0.3, -0.25) is 4.79 Å². The zero-order chi connectivity index (χ0) is 13.2. The summed E-state index contributed by atoms with van der Waals surface area (Å²) in [6.07, 6.45) is 1.52. The molecule has 19 heavy (non-hydrogen) atoms. The van der Waals surface area contributed by atoms with Gasteiger partial charge in [0.05, 0.1) is 6.54 Å². The first-order chi connectivity index (χ1) is 9.20. The average molecular weight is 324 g/mol. The van der Waals surface area contributed by atoms with Crippen molar-refractivity contribution in [1.29, 1.82) is 0 Å². The highest BCUT2D eigenvalue weighted by Crippen LogP contribution is 2.20. The van der Waals surface area contributed by atoms with E-state index in [0.717, 1.165) is 28.5 Å². The Labute approximate surface area is 118 Å². The molecule has 2 heterocycles. The molecule has 0 bridgehead atoms. The molecule has 2 N–H and O–H groups in total. The molecule has 1 aliphatic heterocycles. The van der Waals surface area contributed by atoms with Crippen LogP contribution in [0, 0.1) is 0 Å². The lowest BCUT2D eigenvalue weighted by atomic mass is 10.2. The number of aromatic nitrogens is 1. The molecule has 0 spiro atoms. The summed E-state index contributed by atoms with van der Waals surface area (Å²) in [5.41, 5.74) is 1.63. The van der Waals surface area contributed by atoms with E-state index < -0.39 is 0 Å². The second-order valence-corrected chi connectivity index (χ2v) is 5.57. The molecule has 1 aromatic heterocycles. The molecule has 0 saturated carbocycles. The van der Waals surface area contributed by atoms with Crippen molar-refractivity contribution >= 4 is 32.9 Å². The first-order valence-corrected chi connectivity index (χ1v) is 7.05. The molecule has 1 atom stereocenters. The van der Waals surface area contributed by atoms with Gasteiger partial charge in [0.2, 0.25) is 11.8 Å². The van der Waals surface area contributed by atoms with Crippen molar-refractivity contribution in [3.63, 3.8) is 0 Å². The van der Waals surface area contributed by atoms with Crippen molar-refractivity contribution in [3.05, 3.63) is 28.6 Å². The van der Waals surface area contributed by atoms with Gasteiger partial charge in [-0.2, -0.15) is 0 Å². The van der Waals surface area contributed by atoms with Gasteiger partial charge in [-0.25, -0.2) is 4.98 Å². The van der Waals surface area contributed by atoms with Crippen LogP contribution in [0.4, 0.5) is 0 Å². The third-order valence-corrected chi connectivity index (χ3v) is 3.64. The van der Waals surface area contributed by atoms with E-state index in [1.807, 2.05) is 18.2 Å². The third-order valence-electron chi connectivity index (χ3n) is 3.15. The van der Waals surface area contributed by atoms with Crippen LogP contribution in [0.5, 0.6) is 0 Å². The highest BCUT2D eigenvalue weighted by molar-refractivity contribution is 9.10. The van der Waals surface area contributed by atoms with Gasteiger partial charge in [0.25, 0.3) is 0 Å². The van der Waals surface area contributed by atoms with Gasteiger partial charge in [0, 0.05) is 23.5 Å². The lowest BCUT2D eigenvalue weighted by molar-refractivity contribution is -0.119. The molecule has 1 amide bonds. The fourth-order valence-corrected chi connectivity index (χ4v) is 2.56. The number of carbonyl (C=O) groups is 1. The molecule has 1 aliphatic rings. The van der Waals surface area contributed by atoms with E-state index in [0.29, 0.717) is 18.9 Å². The van der Waals surface area contributed by atoms with Crippen molar-refractivity contribution < 1.29 is 9.21 Å². The normalized spacial score (nSPS) is 19.0. The van der Waals surface area contributed by atoms with Gasteiger partial charge in [-0.1, -0.05) is 15.9 Å². The second kappa shape index (κ2) is 5.30. The fourth-order valence-electron chi connectivity index (χ4n) is 2.21. The Hall–Kier alpha value is -1.40. The van der Waals surface area contributed by atoms with E-state index in [4.69, 9.17) is 4.42 Å². The summed E-state index contributed by atoms with van der Waals surface area (Å²) in [5.74, 6) is 0.802. The van der Waals surface area contributed by atoms with E-state index in [1.165, 1.54) is 0 Å². The Morgan fingerprint density at radius 3 is 3.21 bits per heavy atom. The molecule has 1 fully saturated rings. The van der Waals surface area contributed by atoms with Crippen LogP contribution < -0.4 is 10.6 Å². The number of fused-ring (bicyclic) bond motifs is 1. The van der Waals surface area contributed by atoms with Crippen LogP contribution in [0.3, 0.4) is 0 Å². The number of benzene rings is 1. The van der Waals surface area contributed by atoms with Crippen molar-refractivity contribution in [3.8, 4) is 0 Å². The quantitative estimate of drug-likeness (QED) is 0.902. The molecular formula is C13H14BrN3O2. The van der Waals surface area contributed by atoms with E-state index in [-0.39, 0.29) is 11.9 Å². The van der Waals surface area contributed by atoms with Gasteiger partial charge in [-0.15, -0.1) is 0 Å². The largest absolute Gasteiger partial charge is 0.439 e. The number of amides is 1. The van der Waals surface area contributed by atoms with E-state index in [2.05, 4.69) is 31.5 Å². The summed E-state index contributed by atoms with van der Waals surface area (Å²) in [6.45, 7) is 1.31. The SMILES string of the molecule is O=C1CC[C@@H](CNCc2nc3cc(Br)ccc3o2)N1. The first-order valence-electron chi connectivity index (χ1n) is 6.26. The molecule has 6 heteroatoms. The molecule has 0 radical (unpaired) electrons. The number of halogens is 1. The highest BCUT2D eigenvalue weighted by atomic mass is 79.9. The summed E-state index contributed by atoms with van der Waals surface area (Å²) >= 11 is 3.41. The molecule has 3 rings (SSSR count). The van der Waals surface area contributed by atoms with E-state index >= 15 is 0 Å². The number of nitrogens with one attached hydrogen (secondary N) is 2. The minimum absolute atomic E-state index is 0.138. The van der Waals surface area contributed by atoms with Crippen LogP contribution in [0.1, 0.15) is 18.7 Å². The van der Waals surface area contributed by atoms with Crippen LogP contribution in [0.25, 0.3) is 11.1 Å². The van der Waals surface area contributed by atoms with Gasteiger partial charge in [0.15, 0.2) is 5.58 Å². The Morgan fingerprint density at radius 1 is 1.53 bits per heavy atom. The van der Waals surface area contributed by atoms with Gasteiger partial charge in [0.1, 0.15) is 5.52 Å². The Morgan fingerprint density at radius 2 is 2.42 bits per heavy atom. The minimum atomic E-state index is 0.138. The van der Waals surface area contributed by atoms with Crippen molar-refractivity contribution in [2.45, 2.75) is 25.4 Å². The Bertz CT molecular complexity index is 611. The molecule has 0 aliphatic carbocycles. The Balaban J connectivity index is 1.58. The topological polar surface area (TPSA) is 67.2 Å². The minimum Gasteiger partial charge on any atom is -0.439 e. The maximum atomic E-state index is 11.1. The zero-order valence-electron chi connectivity index (χ0n) is 10.3. The molecular weight excluding hydrogens is 310 g/mol. The maximum absolute atomic E-state index is 11.1. The van der Waals surface area contributed by atoms with Crippen LogP contribution in [-0.2, 0) is 11.3 Å². The first kappa shape index (κ1) is 12.6. The lowest BCUT2D eigenvalue weighted by Gasteiger charge is -2.09. The van der Waals surface area contributed by atoms with Crippen LogP contribution in [0.2, 0.25) is 0 Å². The summed E-state index contributed by atoms with van der Waals surface area (Å²) < 4.78 is 6.61. The summed E-state index contributed by atoms with van der Waals surface area (Å²) in [6, 6.07) is 5.98. The Kier molecular flexibility index (Phi) is 3.52. The molecule has 1 aromatic carbocycles. The third kappa shape index (κ3) is 2.96. The number of oxazole rings is 1. The summed E-state index contributed by atoms with van der Waals surface area (Å²) in [7, 11) is 0. The summed E-state index contributed by atoms with van der Waals surface area (Å²) in [5, 5.41) is 6.17. The van der Waals surface area contributed by atoms with Crippen LogP contribution in [0.15, 0.2) is 27.1 Å². The molecule has 100 valence electrons. The van der Waals surface area contributed by atoms with Gasteiger partial charge < -0.3 is 15.1 Å². The number of rotatable bonds is 4. The predicted molar refractivity (Wildman–Crippen MR) is 74.6 cm³/mol. The summed E-state index contributed by atoms with van der Waals surface area (Å²) in [4.78, 5) is 15.5. The van der Waals surface area contributed by atoms with Crippen molar-refractivity contribution in [2.75, 3.05) is 6.54 Å². The number of carbonyl (C=O) groups excluding carboxylic acids is 1. The molecule has 5 nitrogen and oxygen atoms in total. The molecule has 2 aromatic rings. The monoisotopic (exact) mass is 323 g/mol. The van der Waals surface area contributed by atoms with Crippen LogP contribution in [-0.4, -0.2) is 23.5 Å². The van der Waals surface area contributed by atoms with Crippen molar-refractivity contribution in [2.24, 2.45) is 0 Å². The smallest absolute Gasteiger partial charge is 0.220 e. The number of hydrogen-bond donors (Lipinski definition) is 2. The fraction of sp³-hybridized carbons (Fsp3) is 0.385. The predicted octanol–water partition coefficient (Wildman–Crippen LogP) is 1.96. The average Bonchev–Trinajstić information content (AvgIpc) is 2.95. The standard InChI is InChI=1S/C13H14BrN3O2/c14-8-1-3-11-10(5-8)17-13(19-11)7-15-6-9-2-4-12(18)16-9/h1,3,5,9,15H,2,4,6-7H2,(H,16,18)/t9-/m0/s1. The van der Waals surface area contributed by atoms with E-state index in [1.54, 1.807) is 0 Å². The molecule has 1 saturated heterocycles. The van der Waals surface area contributed by atoms with E-state index in [9.17, 15) is 4.79 Å². The second-order valence-electron chi connectivity index (χ2n) is 4.65. The molecule has 0 unspecified atom stereocenters. The highest BCUT2D eigenvalue weighted by Gasteiger charge is 2.20. The number of hydrogen-bond acceptors (Lipinski definition) is 4. The lowest BCUT2D eigenvalue weighted by Crippen LogP contribution is -2.35. The van der Waals surface area contributed by atoms with Crippen LogP contribution >= 0.6 is 15.9 Å². The maximum Gasteiger partial charge on any atom is 0.220 e. The van der Waals surface area contributed by atoms with Gasteiger partial charge >= 0.3 is 0 Å². The van der Waals surface area contributed by atoms with Gasteiger partial charge in [-0.05, 0) is 24.6 Å². The van der Waals surface area contributed by atoms with Crippen molar-refractivity contribution in [1.82, 2.24) is 15.6 Å².